The third-order valence-corrected chi connectivity index (χ3v) is 6.63. The van der Waals surface area contributed by atoms with Crippen molar-refractivity contribution >= 4 is 22.8 Å². The molecule has 0 radical (unpaired) electrons. The fraction of sp³-hybridized carbons (Fsp3) is 0.917. The van der Waals surface area contributed by atoms with Crippen LogP contribution >= 0.6 is 0 Å². The molecular formula is C24H49N3O4S. The number of nitrogens with two attached hydrogens (primary N) is 1. The zero-order valence-electron chi connectivity index (χ0n) is 20.5. The van der Waals surface area contributed by atoms with Crippen LogP contribution in [0.2, 0.25) is 0 Å². The molecule has 7 nitrogen and oxygen atoms in total. The molecule has 4 N–H and O–H groups in total. The molecule has 0 aromatic carbocycles. The van der Waals surface area contributed by atoms with Gasteiger partial charge in [0.1, 0.15) is 11.0 Å². The van der Waals surface area contributed by atoms with E-state index < -0.39 is 11.0 Å². The number of unbranched alkanes of at least 4 members (excludes halogenated alkanes) is 14. The Labute approximate surface area is 198 Å². The Kier molecular flexibility index (Phi) is 23.9. The normalized spacial score (nSPS) is 11.9. The smallest absolute Gasteiger partial charge is 0.231 e. The van der Waals surface area contributed by atoms with Gasteiger partial charge in [0.25, 0.3) is 0 Å². The Hall–Kier alpha value is -0.990. The van der Waals surface area contributed by atoms with Gasteiger partial charge in [0, 0.05) is 25.1 Å². The fourth-order valence-corrected chi connectivity index (χ4v) is 4.49. The van der Waals surface area contributed by atoms with Crippen molar-refractivity contribution in [1.82, 2.24) is 10.0 Å². The molecule has 0 aliphatic carbocycles. The second kappa shape index (κ2) is 24.6. The maximum absolute atomic E-state index is 11.9. The number of rotatable bonds is 24. The van der Waals surface area contributed by atoms with Gasteiger partial charge in [0.05, 0.1) is 6.61 Å². The summed E-state index contributed by atoms with van der Waals surface area (Å²) in [6.45, 7) is 2.96. The predicted molar refractivity (Wildman–Crippen MR) is 133 cm³/mol. The van der Waals surface area contributed by atoms with E-state index in [1.165, 1.54) is 70.6 Å². The van der Waals surface area contributed by atoms with Crippen LogP contribution in [0.3, 0.4) is 0 Å². The molecule has 1 unspecified atom stereocenters. The highest BCUT2D eigenvalue weighted by molar-refractivity contribution is 7.83. The molecule has 8 heteroatoms. The number of carbonyl (C=O) groups is 2. The van der Waals surface area contributed by atoms with E-state index in [1.807, 2.05) is 0 Å². The van der Waals surface area contributed by atoms with Gasteiger partial charge in [-0.15, -0.1) is 0 Å². The van der Waals surface area contributed by atoms with E-state index in [0.717, 1.165) is 32.1 Å². The van der Waals surface area contributed by atoms with Crippen LogP contribution in [-0.4, -0.2) is 34.9 Å². The van der Waals surface area contributed by atoms with Crippen molar-refractivity contribution in [2.45, 2.75) is 122 Å². The first-order valence-corrected chi connectivity index (χ1v) is 14.2. The predicted octanol–water partition coefficient (Wildman–Crippen LogP) is 4.81. The van der Waals surface area contributed by atoms with Gasteiger partial charge in [0.15, 0.2) is 0 Å². The van der Waals surface area contributed by atoms with Gasteiger partial charge in [-0.25, -0.2) is 10.1 Å². The Morgan fingerprint density at radius 3 is 1.72 bits per heavy atom. The quantitative estimate of drug-likeness (QED) is 0.137. The number of hydrogen-bond donors (Lipinski definition) is 3. The van der Waals surface area contributed by atoms with Crippen LogP contribution in [0.25, 0.3) is 0 Å². The maximum Gasteiger partial charge on any atom is 0.231 e. The summed E-state index contributed by atoms with van der Waals surface area (Å²) < 4.78 is 14.5. The molecule has 0 aliphatic heterocycles. The highest BCUT2D eigenvalue weighted by Gasteiger charge is 2.07. The molecule has 0 aromatic heterocycles. The van der Waals surface area contributed by atoms with Crippen LogP contribution in [0.1, 0.15) is 122 Å². The minimum atomic E-state index is -1.32. The number of nitrogens with one attached hydrogen (secondary N) is 2. The van der Waals surface area contributed by atoms with Crippen LogP contribution in [0, 0.1) is 0 Å². The second-order valence-electron chi connectivity index (χ2n) is 8.60. The lowest BCUT2D eigenvalue weighted by Crippen LogP contribution is -2.28. The van der Waals surface area contributed by atoms with Crippen LogP contribution in [0.5, 0.6) is 0 Å². The molecule has 2 amide bonds. The van der Waals surface area contributed by atoms with E-state index >= 15 is 0 Å². The molecule has 0 fully saturated rings. The molecule has 0 rings (SSSR count). The van der Waals surface area contributed by atoms with Crippen molar-refractivity contribution in [1.29, 1.82) is 0 Å². The van der Waals surface area contributed by atoms with Crippen LogP contribution in [0.15, 0.2) is 0 Å². The van der Waals surface area contributed by atoms with Gasteiger partial charge in [-0.3, -0.25) is 14.3 Å². The third-order valence-electron chi connectivity index (χ3n) is 5.51. The van der Waals surface area contributed by atoms with Gasteiger partial charge in [-0.2, -0.15) is 0 Å². The highest BCUT2D eigenvalue weighted by Crippen LogP contribution is 2.13. The molecule has 0 heterocycles. The summed E-state index contributed by atoms with van der Waals surface area (Å²) in [6, 6.07) is 0. The Morgan fingerprint density at radius 2 is 1.19 bits per heavy atom. The van der Waals surface area contributed by atoms with Gasteiger partial charge in [-0.1, -0.05) is 90.4 Å². The molecule has 1 atom stereocenters. The van der Waals surface area contributed by atoms with Gasteiger partial charge < -0.3 is 10.2 Å². The molecule has 32 heavy (non-hydrogen) atoms. The third kappa shape index (κ3) is 23.7. The molecule has 0 aromatic rings. The summed E-state index contributed by atoms with van der Waals surface area (Å²) >= 11 is 0. The largest absolute Gasteiger partial charge is 0.354 e. The topological polar surface area (TPSA) is 111 Å². The Morgan fingerprint density at radius 1 is 0.719 bits per heavy atom. The zero-order chi connectivity index (χ0) is 23.7. The van der Waals surface area contributed by atoms with E-state index in [4.69, 9.17) is 5.90 Å². The maximum atomic E-state index is 11.9. The molecule has 0 saturated carbocycles. The number of amides is 2. The van der Waals surface area contributed by atoms with E-state index in [9.17, 15) is 13.8 Å². The van der Waals surface area contributed by atoms with Crippen molar-refractivity contribution in [2.24, 2.45) is 5.90 Å². The van der Waals surface area contributed by atoms with Crippen molar-refractivity contribution in [3.63, 3.8) is 0 Å². The Bertz CT molecular complexity index is 478. The minimum absolute atomic E-state index is 0.0331. The van der Waals surface area contributed by atoms with Crippen molar-refractivity contribution in [3.8, 4) is 0 Å². The first-order valence-electron chi connectivity index (χ1n) is 12.9. The lowest BCUT2D eigenvalue weighted by atomic mass is 10.0. The van der Waals surface area contributed by atoms with E-state index in [1.54, 1.807) is 0 Å². The lowest BCUT2D eigenvalue weighted by molar-refractivity contribution is -0.121. The van der Waals surface area contributed by atoms with Crippen molar-refractivity contribution < 1.29 is 18.6 Å². The fourth-order valence-electron chi connectivity index (χ4n) is 3.57. The molecule has 0 bridgehead atoms. The summed E-state index contributed by atoms with van der Waals surface area (Å²) in [7, 11) is -1.32. The molecule has 190 valence electrons. The number of carbonyl (C=O) groups excluding carboxylic acids is 2. The number of hydrogen-bond acceptors (Lipinski definition) is 5. The highest BCUT2D eigenvalue weighted by atomic mass is 32.2. The Balaban J connectivity index is 3.39. The summed E-state index contributed by atoms with van der Waals surface area (Å²) in [5, 5.41) is 2.70. The molecule has 0 spiro atoms. The first-order chi connectivity index (χ1) is 15.6. The first kappa shape index (κ1) is 31.0. The van der Waals surface area contributed by atoms with Crippen molar-refractivity contribution in [3.05, 3.63) is 0 Å². The lowest BCUT2D eigenvalue weighted by Gasteiger charge is -2.06. The minimum Gasteiger partial charge on any atom is -0.354 e. The van der Waals surface area contributed by atoms with Crippen LogP contribution in [0.4, 0.5) is 0 Å². The standard InChI is InChI=1S/C24H49N3O4S/c1-2-3-4-5-6-7-8-9-10-11-12-13-15-19-24(29)27-32(30)22-17-14-16-18-23(28)26-20-21-31-25/h2-22,25H2,1H3,(H,26,28)(H,27,29). The monoisotopic (exact) mass is 475 g/mol. The van der Waals surface area contributed by atoms with E-state index in [2.05, 4.69) is 21.8 Å². The average Bonchev–Trinajstić information content (AvgIpc) is 2.77. The van der Waals surface area contributed by atoms with Gasteiger partial charge in [0.2, 0.25) is 11.8 Å². The SMILES string of the molecule is CCCCCCCCCCCCCCCC(=O)NS(=O)CCCCCC(=O)NCCON. The molecular weight excluding hydrogens is 426 g/mol. The van der Waals surface area contributed by atoms with Gasteiger partial charge >= 0.3 is 0 Å². The summed E-state index contributed by atoms with van der Waals surface area (Å²) in [4.78, 5) is 27.8. The van der Waals surface area contributed by atoms with Crippen LogP contribution in [-0.2, 0) is 25.4 Å². The summed E-state index contributed by atoms with van der Waals surface area (Å²) in [5.74, 6) is 5.17. The van der Waals surface area contributed by atoms with Crippen molar-refractivity contribution in [2.75, 3.05) is 18.9 Å². The molecule has 0 saturated heterocycles. The average molecular weight is 476 g/mol. The van der Waals surface area contributed by atoms with E-state index in [-0.39, 0.29) is 11.8 Å². The summed E-state index contributed by atoms with van der Waals surface area (Å²) in [6.07, 6.45) is 19.8. The second-order valence-corrected chi connectivity index (χ2v) is 9.90. The van der Waals surface area contributed by atoms with Gasteiger partial charge in [-0.05, 0) is 19.3 Å². The van der Waals surface area contributed by atoms with Crippen LogP contribution < -0.4 is 15.9 Å². The summed E-state index contributed by atoms with van der Waals surface area (Å²) in [5.41, 5.74) is 0. The van der Waals surface area contributed by atoms with E-state index in [0.29, 0.717) is 31.7 Å². The molecule has 0 aliphatic rings. The zero-order valence-corrected chi connectivity index (χ0v) is 21.3.